The van der Waals surface area contributed by atoms with Gasteiger partial charge in [-0.2, -0.15) is 4.98 Å². The number of hydrogen-bond donors (Lipinski definition) is 1. The normalized spacial score (nSPS) is 10.5. The Morgan fingerprint density at radius 2 is 2.26 bits per heavy atom. The molecule has 1 N–H and O–H groups in total. The highest BCUT2D eigenvalue weighted by Crippen LogP contribution is 2.31. The van der Waals surface area contributed by atoms with Crippen molar-refractivity contribution in [3.63, 3.8) is 0 Å². The van der Waals surface area contributed by atoms with Crippen molar-refractivity contribution in [2.45, 2.75) is 13.8 Å². The molecule has 0 bridgehead atoms. The number of carbonyl (C=O) groups is 1. The van der Waals surface area contributed by atoms with Crippen LogP contribution in [-0.4, -0.2) is 27.8 Å². The average molecular weight is 283 g/mol. The summed E-state index contributed by atoms with van der Waals surface area (Å²) >= 11 is 5.86. The van der Waals surface area contributed by atoms with Crippen LogP contribution in [0.2, 0.25) is 5.02 Å². The maximum Gasteiger partial charge on any atom is 0.397 e. The minimum atomic E-state index is -0.678. The second kappa shape index (κ2) is 5.27. The Balaban J connectivity index is 2.35. The van der Waals surface area contributed by atoms with Gasteiger partial charge in [0.05, 0.1) is 11.6 Å². The first-order valence-corrected chi connectivity index (χ1v) is 5.91. The number of carbonyl (C=O) groups excluding carboxylic acids is 1. The molecule has 0 saturated heterocycles. The summed E-state index contributed by atoms with van der Waals surface area (Å²) in [6, 6.07) is 3.13. The van der Waals surface area contributed by atoms with Crippen LogP contribution in [0.25, 0.3) is 11.4 Å². The fourth-order valence-corrected chi connectivity index (χ4v) is 1.75. The van der Waals surface area contributed by atoms with Crippen LogP contribution in [-0.2, 0) is 4.74 Å². The number of ether oxygens (including phenoxy) is 1. The van der Waals surface area contributed by atoms with Gasteiger partial charge in [0.1, 0.15) is 5.75 Å². The zero-order chi connectivity index (χ0) is 14.0. The van der Waals surface area contributed by atoms with E-state index in [0.717, 1.165) is 0 Å². The smallest absolute Gasteiger partial charge is 0.397 e. The predicted molar refractivity (Wildman–Crippen MR) is 67.1 cm³/mol. The maximum atomic E-state index is 11.4. The third kappa shape index (κ3) is 2.68. The first-order valence-electron chi connectivity index (χ1n) is 5.53. The highest BCUT2D eigenvalue weighted by molar-refractivity contribution is 6.32. The Morgan fingerprint density at radius 3 is 2.89 bits per heavy atom. The van der Waals surface area contributed by atoms with E-state index in [0.29, 0.717) is 11.1 Å². The van der Waals surface area contributed by atoms with E-state index in [1.807, 2.05) is 0 Å². The van der Waals surface area contributed by atoms with E-state index in [1.165, 1.54) is 6.07 Å². The van der Waals surface area contributed by atoms with Crippen molar-refractivity contribution in [1.82, 2.24) is 10.1 Å². The third-order valence-corrected chi connectivity index (χ3v) is 2.68. The SMILES string of the molecule is CCOC(=O)c1nc(-c2cc(C)c(O)c(Cl)c2)no1. The van der Waals surface area contributed by atoms with Gasteiger partial charge < -0.3 is 14.4 Å². The topological polar surface area (TPSA) is 85.5 Å². The zero-order valence-corrected chi connectivity index (χ0v) is 11.1. The molecule has 0 unspecified atom stereocenters. The Bertz CT molecular complexity index is 601. The van der Waals surface area contributed by atoms with E-state index >= 15 is 0 Å². The van der Waals surface area contributed by atoms with E-state index in [9.17, 15) is 9.90 Å². The quantitative estimate of drug-likeness (QED) is 0.871. The Hall–Kier alpha value is -2.08. The first-order chi connectivity index (χ1) is 9.02. The highest BCUT2D eigenvalue weighted by atomic mass is 35.5. The number of halogens is 1. The minimum absolute atomic E-state index is 0.000437. The molecule has 19 heavy (non-hydrogen) atoms. The van der Waals surface area contributed by atoms with Crippen molar-refractivity contribution in [2.24, 2.45) is 0 Å². The number of phenolic OH excluding ortho intramolecular Hbond substituents is 1. The van der Waals surface area contributed by atoms with Gasteiger partial charge in [0.25, 0.3) is 0 Å². The van der Waals surface area contributed by atoms with Crippen LogP contribution >= 0.6 is 11.6 Å². The van der Waals surface area contributed by atoms with Gasteiger partial charge in [0, 0.05) is 5.56 Å². The molecule has 100 valence electrons. The first kappa shape index (κ1) is 13.4. The number of esters is 1. The van der Waals surface area contributed by atoms with Crippen LogP contribution in [0.4, 0.5) is 0 Å². The van der Waals surface area contributed by atoms with Gasteiger partial charge in [0.2, 0.25) is 5.82 Å². The van der Waals surface area contributed by atoms with Crippen molar-refractivity contribution in [2.75, 3.05) is 6.61 Å². The Labute approximate surface area is 114 Å². The number of rotatable bonds is 3. The zero-order valence-electron chi connectivity index (χ0n) is 10.3. The molecule has 2 aromatic rings. The molecule has 0 amide bonds. The van der Waals surface area contributed by atoms with Gasteiger partial charge in [-0.1, -0.05) is 16.8 Å². The van der Waals surface area contributed by atoms with Crippen LogP contribution in [0, 0.1) is 6.92 Å². The summed E-state index contributed by atoms with van der Waals surface area (Å²) in [6.45, 7) is 3.59. The molecular weight excluding hydrogens is 272 g/mol. The van der Waals surface area contributed by atoms with Crippen molar-refractivity contribution in [3.05, 3.63) is 28.6 Å². The monoisotopic (exact) mass is 282 g/mol. The fourth-order valence-electron chi connectivity index (χ4n) is 1.48. The fraction of sp³-hybridized carbons (Fsp3) is 0.250. The van der Waals surface area contributed by atoms with Crippen molar-refractivity contribution >= 4 is 17.6 Å². The van der Waals surface area contributed by atoms with Gasteiger partial charge in [-0.05, 0) is 31.5 Å². The molecule has 1 aromatic carbocycles. The highest BCUT2D eigenvalue weighted by Gasteiger charge is 2.18. The van der Waals surface area contributed by atoms with Crippen molar-refractivity contribution in [3.8, 4) is 17.1 Å². The van der Waals surface area contributed by atoms with Gasteiger partial charge >= 0.3 is 11.9 Å². The number of aromatic nitrogens is 2. The van der Waals surface area contributed by atoms with Gasteiger partial charge in [-0.3, -0.25) is 0 Å². The van der Waals surface area contributed by atoms with E-state index in [1.54, 1.807) is 19.9 Å². The summed E-state index contributed by atoms with van der Waals surface area (Å²) in [4.78, 5) is 15.3. The molecule has 0 aliphatic heterocycles. The lowest BCUT2D eigenvalue weighted by atomic mass is 10.1. The molecule has 7 heteroatoms. The molecule has 0 aliphatic carbocycles. The maximum absolute atomic E-state index is 11.4. The standard InChI is InChI=1S/C12H11ClN2O4/c1-3-18-12(17)11-14-10(15-19-11)7-4-6(2)9(16)8(13)5-7/h4-5,16H,3H2,1-2H3. The van der Waals surface area contributed by atoms with Crippen LogP contribution in [0.1, 0.15) is 23.2 Å². The van der Waals surface area contributed by atoms with Gasteiger partial charge in [0.15, 0.2) is 0 Å². The number of phenols is 1. The Morgan fingerprint density at radius 1 is 1.53 bits per heavy atom. The lowest BCUT2D eigenvalue weighted by molar-refractivity contribution is 0.0470. The molecule has 1 heterocycles. The molecular formula is C12H11ClN2O4. The predicted octanol–water partition coefficient (Wildman–Crippen LogP) is 2.58. The summed E-state index contributed by atoms with van der Waals surface area (Å²) in [5.41, 5.74) is 1.12. The summed E-state index contributed by atoms with van der Waals surface area (Å²) in [7, 11) is 0. The molecule has 0 radical (unpaired) electrons. The summed E-state index contributed by atoms with van der Waals surface area (Å²) in [5.74, 6) is -0.700. The molecule has 0 spiro atoms. The van der Waals surface area contributed by atoms with Crippen LogP contribution in [0.15, 0.2) is 16.7 Å². The Kier molecular flexibility index (Phi) is 3.71. The summed E-state index contributed by atoms with van der Waals surface area (Å²) in [5, 5.41) is 13.4. The molecule has 0 aliphatic rings. The summed E-state index contributed by atoms with van der Waals surface area (Å²) < 4.78 is 9.54. The van der Waals surface area contributed by atoms with E-state index in [2.05, 4.69) is 10.1 Å². The van der Waals surface area contributed by atoms with Crippen molar-refractivity contribution in [1.29, 1.82) is 0 Å². The molecule has 0 atom stereocenters. The molecule has 2 rings (SSSR count). The number of benzene rings is 1. The molecule has 1 aromatic heterocycles. The molecule has 0 saturated carbocycles. The van der Waals surface area contributed by atoms with Gasteiger partial charge in [-0.25, -0.2) is 4.79 Å². The van der Waals surface area contributed by atoms with Crippen LogP contribution < -0.4 is 0 Å². The molecule has 6 nitrogen and oxygen atoms in total. The van der Waals surface area contributed by atoms with E-state index in [4.69, 9.17) is 20.9 Å². The summed E-state index contributed by atoms with van der Waals surface area (Å²) in [6.07, 6.45) is 0. The average Bonchev–Trinajstić information content (AvgIpc) is 2.85. The van der Waals surface area contributed by atoms with Crippen molar-refractivity contribution < 1.29 is 19.2 Å². The van der Waals surface area contributed by atoms with Crippen LogP contribution in [0.5, 0.6) is 5.75 Å². The lowest BCUT2D eigenvalue weighted by Gasteiger charge is -2.03. The second-order valence-corrected chi connectivity index (χ2v) is 4.17. The van der Waals surface area contributed by atoms with Crippen LogP contribution in [0.3, 0.4) is 0 Å². The third-order valence-electron chi connectivity index (χ3n) is 2.39. The molecule has 0 fully saturated rings. The number of aromatic hydroxyl groups is 1. The largest absolute Gasteiger partial charge is 0.506 e. The number of nitrogens with zero attached hydrogens (tertiary/aromatic N) is 2. The minimum Gasteiger partial charge on any atom is -0.506 e. The second-order valence-electron chi connectivity index (χ2n) is 3.77. The number of aryl methyl sites for hydroxylation is 1. The number of hydrogen-bond acceptors (Lipinski definition) is 6. The van der Waals surface area contributed by atoms with E-state index in [-0.39, 0.29) is 29.1 Å². The van der Waals surface area contributed by atoms with Gasteiger partial charge in [-0.15, -0.1) is 0 Å². The van der Waals surface area contributed by atoms with E-state index < -0.39 is 5.97 Å². The lowest BCUT2D eigenvalue weighted by Crippen LogP contribution is -2.04.